The molecule has 118 valence electrons. The van der Waals surface area contributed by atoms with Crippen LogP contribution in [0.2, 0.25) is 5.02 Å². The summed E-state index contributed by atoms with van der Waals surface area (Å²) in [6.07, 6.45) is 3.72. The number of hydroxylamine groups is 2. The summed E-state index contributed by atoms with van der Waals surface area (Å²) in [4.78, 5) is 21.4. The number of carbonyl (C=O) groups excluding carboxylic acids is 1. The molecule has 6 heteroatoms. The van der Waals surface area contributed by atoms with E-state index >= 15 is 0 Å². The van der Waals surface area contributed by atoms with E-state index < -0.39 is 0 Å². The third-order valence-corrected chi connectivity index (χ3v) is 3.68. The van der Waals surface area contributed by atoms with Crippen molar-refractivity contribution in [3.8, 4) is 0 Å². The van der Waals surface area contributed by atoms with Gasteiger partial charge in [0.15, 0.2) is 0 Å². The van der Waals surface area contributed by atoms with Crippen LogP contribution in [0.1, 0.15) is 28.3 Å². The number of aryl methyl sites for hydroxylation is 3. The molecule has 0 unspecified atom stereocenters. The number of hydrogen-bond donors (Lipinski definition) is 0. The van der Waals surface area contributed by atoms with Gasteiger partial charge in [-0.1, -0.05) is 23.7 Å². The standard InChI is InChI=1S/C16H20ClN3O2/c1-12-11-20(15(18-12)16(21)19(2)22-3)10-4-5-13-6-8-14(17)9-7-13/h6-9,11H,4-5,10H2,1-3H3. The van der Waals surface area contributed by atoms with Crippen LogP contribution in [-0.2, 0) is 17.8 Å². The lowest BCUT2D eigenvalue weighted by molar-refractivity contribution is -0.0766. The molecule has 0 fully saturated rings. The van der Waals surface area contributed by atoms with Crippen LogP contribution in [0, 0.1) is 6.92 Å². The number of aromatic nitrogens is 2. The molecule has 0 aliphatic heterocycles. The third kappa shape index (κ3) is 4.08. The molecule has 2 aromatic rings. The highest BCUT2D eigenvalue weighted by atomic mass is 35.5. The summed E-state index contributed by atoms with van der Waals surface area (Å²) in [6, 6.07) is 7.82. The third-order valence-electron chi connectivity index (χ3n) is 3.43. The van der Waals surface area contributed by atoms with Crippen LogP contribution in [0.25, 0.3) is 0 Å². The molecule has 22 heavy (non-hydrogen) atoms. The van der Waals surface area contributed by atoms with Crippen LogP contribution in [-0.4, -0.2) is 34.7 Å². The molecule has 0 aliphatic rings. The van der Waals surface area contributed by atoms with E-state index in [1.807, 2.05) is 42.0 Å². The molecular weight excluding hydrogens is 302 g/mol. The Balaban J connectivity index is 2.00. The maximum atomic E-state index is 12.2. The van der Waals surface area contributed by atoms with Gasteiger partial charge in [-0.15, -0.1) is 0 Å². The molecule has 1 heterocycles. The minimum absolute atomic E-state index is 0.248. The molecule has 1 amide bonds. The number of nitrogens with zero attached hydrogens (tertiary/aromatic N) is 3. The first-order valence-electron chi connectivity index (χ1n) is 7.11. The van der Waals surface area contributed by atoms with Gasteiger partial charge < -0.3 is 4.57 Å². The van der Waals surface area contributed by atoms with Gasteiger partial charge in [-0.2, -0.15) is 0 Å². The molecule has 2 rings (SSSR count). The number of carbonyl (C=O) groups is 1. The van der Waals surface area contributed by atoms with E-state index in [9.17, 15) is 4.79 Å². The van der Waals surface area contributed by atoms with Crippen molar-refractivity contribution in [1.29, 1.82) is 0 Å². The number of imidazole rings is 1. The van der Waals surface area contributed by atoms with Crippen LogP contribution in [0.3, 0.4) is 0 Å². The predicted molar refractivity (Wildman–Crippen MR) is 85.8 cm³/mol. The first-order valence-corrected chi connectivity index (χ1v) is 7.49. The van der Waals surface area contributed by atoms with Crippen LogP contribution in [0.4, 0.5) is 0 Å². The molecule has 1 aromatic heterocycles. The number of hydrogen-bond acceptors (Lipinski definition) is 3. The second-order valence-corrected chi connectivity index (χ2v) is 5.55. The highest BCUT2D eigenvalue weighted by Crippen LogP contribution is 2.12. The smallest absolute Gasteiger partial charge is 0.313 e. The van der Waals surface area contributed by atoms with Crippen molar-refractivity contribution < 1.29 is 9.63 Å². The van der Waals surface area contributed by atoms with Gasteiger partial charge in [0.1, 0.15) is 0 Å². The van der Waals surface area contributed by atoms with Crippen molar-refractivity contribution in [3.63, 3.8) is 0 Å². The van der Waals surface area contributed by atoms with Crippen molar-refractivity contribution in [2.75, 3.05) is 14.2 Å². The number of amides is 1. The van der Waals surface area contributed by atoms with Crippen LogP contribution < -0.4 is 0 Å². The summed E-state index contributed by atoms with van der Waals surface area (Å²) in [7, 11) is 3.03. The highest BCUT2D eigenvalue weighted by molar-refractivity contribution is 6.30. The van der Waals surface area contributed by atoms with Gasteiger partial charge in [-0.3, -0.25) is 9.63 Å². The van der Waals surface area contributed by atoms with Gasteiger partial charge in [0, 0.05) is 24.8 Å². The Labute approximate surface area is 135 Å². The minimum atomic E-state index is -0.248. The molecule has 1 aromatic carbocycles. The van der Waals surface area contributed by atoms with Gasteiger partial charge in [-0.05, 0) is 37.5 Å². The molecule has 0 atom stereocenters. The Bertz CT molecular complexity index is 637. The highest BCUT2D eigenvalue weighted by Gasteiger charge is 2.18. The number of rotatable bonds is 6. The van der Waals surface area contributed by atoms with E-state index in [0.29, 0.717) is 5.82 Å². The largest absolute Gasteiger partial charge is 0.327 e. The molecule has 0 N–H and O–H groups in total. The SMILES string of the molecule is CON(C)C(=O)c1nc(C)cn1CCCc1ccc(Cl)cc1. The zero-order chi connectivity index (χ0) is 16.1. The minimum Gasteiger partial charge on any atom is -0.327 e. The Hall–Kier alpha value is -1.85. The molecule has 0 spiro atoms. The monoisotopic (exact) mass is 321 g/mol. The Morgan fingerprint density at radius 1 is 1.36 bits per heavy atom. The molecule has 0 aliphatic carbocycles. The van der Waals surface area contributed by atoms with Crippen LogP contribution in [0.15, 0.2) is 30.5 Å². The van der Waals surface area contributed by atoms with E-state index in [4.69, 9.17) is 16.4 Å². The summed E-state index contributed by atoms with van der Waals surface area (Å²) < 4.78 is 1.88. The first kappa shape index (κ1) is 16.5. The quantitative estimate of drug-likeness (QED) is 0.768. The Morgan fingerprint density at radius 3 is 2.68 bits per heavy atom. The lowest BCUT2D eigenvalue weighted by Gasteiger charge is -2.14. The lowest BCUT2D eigenvalue weighted by atomic mass is 10.1. The fraction of sp³-hybridized carbons (Fsp3) is 0.375. The fourth-order valence-corrected chi connectivity index (χ4v) is 2.34. The molecule has 0 radical (unpaired) electrons. The van der Waals surface area contributed by atoms with E-state index in [1.54, 1.807) is 7.05 Å². The van der Waals surface area contributed by atoms with Crippen LogP contribution >= 0.6 is 11.6 Å². The Morgan fingerprint density at radius 2 is 2.05 bits per heavy atom. The van der Waals surface area contributed by atoms with E-state index in [1.165, 1.54) is 17.7 Å². The topological polar surface area (TPSA) is 47.4 Å². The summed E-state index contributed by atoms with van der Waals surface area (Å²) in [5.74, 6) is 0.153. The average molecular weight is 322 g/mol. The van der Waals surface area contributed by atoms with Crippen molar-refractivity contribution in [1.82, 2.24) is 14.6 Å². The summed E-state index contributed by atoms with van der Waals surface area (Å²) in [5.41, 5.74) is 2.04. The summed E-state index contributed by atoms with van der Waals surface area (Å²) in [5, 5.41) is 1.92. The fourth-order valence-electron chi connectivity index (χ4n) is 2.22. The van der Waals surface area contributed by atoms with E-state index in [-0.39, 0.29) is 5.91 Å². The van der Waals surface area contributed by atoms with Crippen molar-refractivity contribution in [3.05, 3.63) is 52.6 Å². The zero-order valence-electron chi connectivity index (χ0n) is 13.0. The van der Waals surface area contributed by atoms with Crippen molar-refractivity contribution in [2.45, 2.75) is 26.3 Å². The molecular formula is C16H20ClN3O2. The lowest BCUT2D eigenvalue weighted by Crippen LogP contribution is -2.28. The van der Waals surface area contributed by atoms with Gasteiger partial charge in [-0.25, -0.2) is 10.0 Å². The van der Waals surface area contributed by atoms with Crippen molar-refractivity contribution in [2.24, 2.45) is 0 Å². The normalized spacial score (nSPS) is 10.7. The van der Waals surface area contributed by atoms with Gasteiger partial charge in [0.05, 0.1) is 12.8 Å². The number of benzene rings is 1. The van der Waals surface area contributed by atoms with Gasteiger partial charge in [0.2, 0.25) is 5.82 Å². The zero-order valence-corrected chi connectivity index (χ0v) is 13.8. The Kier molecular flexibility index (Phi) is 5.57. The molecule has 0 bridgehead atoms. The van der Waals surface area contributed by atoms with Gasteiger partial charge in [0.25, 0.3) is 0 Å². The molecule has 5 nitrogen and oxygen atoms in total. The van der Waals surface area contributed by atoms with E-state index in [0.717, 1.165) is 30.1 Å². The van der Waals surface area contributed by atoms with Crippen LogP contribution in [0.5, 0.6) is 0 Å². The summed E-state index contributed by atoms with van der Waals surface area (Å²) >= 11 is 5.88. The predicted octanol–water partition coefficient (Wildman–Crippen LogP) is 3.11. The number of halogens is 1. The van der Waals surface area contributed by atoms with E-state index in [2.05, 4.69) is 4.98 Å². The summed E-state index contributed by atoms with van der Waals surface area (Å²) in [6.45, 7) is 2.60. The second-order valence-electron chi connectivity index (χ2n) is 5.11. The molecule has 0 saturated heterocycles. The maximum absolute atomic E-state index is 12.2. The van der Waals surface area contributed by atoms with Crippen molar-refractivity contribution >= 4 is 17.5 Å². The van der Waals surface area contributed by atoms with Gasteiger partial charge >= 0.3 is 5.91 Å². The average Bonchev–Trinajstić information content (AvgIpc) is 2.88. The first-order chi connectivity index (χ1) is 10.5. The molecule has 0 saturated carbocycles. The second kappa shape index (κ2) is 7.42. The maximum Gasteiger partial charge on any atom is 0.313 e.